The maximum atomic E-state index is 12.4. The number of esters is 1. The van der Waals surface area contributed by atoms with Gasteiger partial charge in [0.2, 0.25) is 0 Å². The molecule has 1 amide bonds. The predicted molar refractivity (Wildman–Crippen MR) is 121 cm³/mol. The lowest BCUT2D eigenvalue weighted by Crippen LogP contribution is -2.29. The van der Waals surface area contributed by atoms with E-state index in [1.807, 2.05) is 30.3 Å². The van der Waals surface area contributed by atoms with E-state index in [9.17, 15) is 14.7 Å². The third-order valence-corrected chi connectivity index (χ3v) is 5.11. The molecule has 0 aliphatic carbocycles. The van der Waals surface area contributed by atoms with Crippen LogP contribution in [0.3, 0.4) is 0 Å². The van der Waals surface area contributed by atoms with Gasteiger partial charge in [-0.3, -0.25) is 4.99 Å². The monoisotopic (exact) mass is 457 g/mol. The van der Waals surface area contributed by atoms with Crippen molar-refractivity contribution >= 4 is 35.6 Å². The summed E-state index contributed by atoms with van der Waals surface area (Å²) >= 11 is 6.04. The van der Waals surface area contributed by atoms with Crippen LogP contribution in [-0.2, 0) is 20.9 Å². The Morgan fingerprint density at radius 3 is 2.75 bits per heavy atom. The molecule has 0 bridgehead atoms. The summed E-state index contributed by atoms with van der Waals surface area (Å²) in [5.74, 6) is -1.10. The number of carbonyl (C=O) groups excluding carboxylic acids is 2. The van der Waals surface area contributed by atoms with Gasteiger partial charge in [0.15, 0.2) is 0 Å². The molecule has 0 spiro atoms. The summed E-state index contributed by atoms with van der Waals surface area (Å²) in [5.41, 5.74) is 0.969. The lowest BCUT2D eigenvalue weighted by molar-refractivity contribution is -0.137. The quantitative estimate of drug-likeness (QED) is 0.221. The molecule has 9 heteroatoms. The first-order valence-corrected chi connectivity index (χ1v) is 10.6. The maximum absolute atomic E-state index is 12.4. The number of hydrogen-bond donors (Lipinski definition) is 1. The van der Waals surface area contributed by atoms with Crippen LogP contribution in [0.15, 0.2) is 59.2 Å². The van der Waals surface area contributed by atoms with Gasteiger partial charge in [-0.25, -0.2) is 14.6 Å². The van der Waals surface area contributed by atoms with Crippen molar-refractivity contribution in [1.82, 2.24) is 9.88 Å². The summed E-state index contributed by atoms with van der Waals surface area (Å²) in [6.07, 6.45) is 2.92. The van der Waals surface area contributed by atoms with Crippen LogP contribution < -0.4 is 0 Å². The van der Waals surface area contributed by atoms with Crippen LogP contribution in [0.4, 0.5) is 4.79 Å². The number of hydrogen-bond acceptors (Lipinski definition) is 7. The third kappa shape index (κ3) is 6.07. The van der Waals surface area contributed by atoms with E-state index in [2.05, 4.69) is 9.98 Å². The zero-order valence-electron chi connectivity index (χ0n) is 17.6. The van der Waals surface area contributed by atoms with Gasteiger partial charge in [0, 0.05) is 25.5 Å². The molecule has 0 unspecified atom stereocenters. The fourth-order valence-electron chi connectivity index (χ4n) is 3.15. The van der Waals surface area contributed by atoms with Crippen molar-refractivity contribution in [3.8, 4) is 0 Å². The van der Waals surface area contributed by atoms with Crippen molar-refractivity contribution in [1.29, 1.82) is 0 Å². The molecule has 1 aromatic carbocycles. The van der Waals surface area contributed by atoms with Crippen LogP contribution >= 0.6 is 11.6 Å². The van der Waals surface area contributed by atoms with Gasteiger partial charge >= 0.3 is 12.1 Å². The van der Waals surface area contributed by atoms with E-state index in [-0.39, 0.29) is 41.3 Å². The third-order valence-electron chi connectivity index (χ3n) is 4.81. The van der Waals surface area contributed by atoms with Crippen LogP contribution in [0.25, 0.3) is 5.76 Å². The van der Waals surface area contributed by atoms with E-state index in [1.165, 1.54) is 18.5 Å². The molecule has 1 N–H and O–H groups in total. The van der Waals surface area contributed by atoms with E-state index in [1.54, 1.807) is 17.9 Å². The minimum absolute atomic E-state index is 0.0494. The molecule has 2 heterocycles. The molecular weight excluding hydrogens is 434 g/mol. The van der Waals surface area contributed by atoms with Crippen molar-refractivity contribution in [2.24, 2.45) is 4.99 Å². The number of carbonyl (C=O) groups is 2. The molecule has 8 nitrogen and oxygen atoms in total. The van der Waals surface area contributed by atoms with Gasteiger partial charge in [0.05, 0.1) is 18.2 Å². The SMILES string of the molecule is CCOC(=O)C(C=N[C@H]1CCN(C(=O)OCc2ccccc2)C1)=C(O)c1cccnc1Cl. The van der Waals surface area contributed by atoms with Crippen molar-refractivity contribution in [3.05, 3.63) is 70.5 Å². The number of rotatable bonds is 7. The smallest absolute Gasteiger partial charge is 0.410 e. The second-order valence-electron chi connectivity index (χ2n) is 7.03. The van der Waals surface area contributed by atoms with E-state index < -0.39 is 12.1 Å². The molecule has 2 aromatic rings. The van der Waals surface area contributed by atoms with Gasteiger partial charge in [0.25, 0.3) is 0 Å². The first-order chi connectivity index (χ1) is 15.5. The highest BCUT2D eigenvalue weighted by atomic mass is 35.5. The average molecular weight is 458 g/mol. The van der Waals surface area contributed by atoms with E-state index >= 15 is 0 Å². The highest BCUT2D eigenvalue weighted by molar-refractivity contribution is 6.31. The lowest BCUT2D eigenvalue weighted by Gasteiger charge is -2.15. The second kappa shape index (κ2) is 11.3. The Bertz CT molecular complexity index is 1010. The summed E-state index contributed by atoms with van der Waals surface area (Å²) in [6, 6.07) is 12.3. The molecule has 0 radical (unpaired) electrons. The zero-order chi connectivity index (χ0) is 22.9. The predicted octanol–water partition coefficient (Wildman–Crippen LogP) is 4.05. The molecule has 1 atom stereocenters. The summed E-state index contributed by atoms with van der Waals surface area (Å²) in [5, 5.41) is 10.7. The number of benzene rings is 1. The Kier molecular flexibility index (Phi) is 8.21. The molecule has 1 fully saturated rings. The van der Waals surface area contributed by atoms with E-state index in [0.717, 1.165) is 5.56 Å². The van der Waals surface area contributed by atoms with Crippen LogP contribution in [0.1, 0.15) is 24.5 Å². The number of aliphatic hydroxyl groups is 1. The van der Waals surface area contributed by atoms with Crippen molar-refractivity contribution in [2.45, 2.75) is 26.0 Å². The zero-order valence-corrected chi connectivity index (χ0v) is 18.4. The highest BCUT2D eigenvalue weighted by Gasteiger charge is 2.27. The van der Waals surface area contributed by atoms with Crippen LogP contribution in [0.5, 0.6) is 0 Å². The number of aliphatic hydroxyl groups excluding tert-OH is 1. The summed E-state index contributed by atoms with van der Waals surface area (Å²) in [4.78, 5) is 34.6. The fraction of sp³-hybridized carbons (Fsp3) is 0.304. The number of likely N-dealkylation sites (tertiary alicyclic amines) is 1. The van der Waals surface area contributed by atoms with Crippen LogP contribution in [-0.4, -0.2) is 59.0 Å². The Morgan fingerprint density at radius 2 is 2.03 bits per heavy atom. The number of nitrogens with zero attached hydrogens (tertiary/aromatic N) is 3. The maximum Gasteiger partial charge on any atom is 0.410 e. The average Bonchev–Trinajstić information content (AvgIpc) is 3.28. The molecule has 32 heavy (non-hydrogen) atoms. The molecule has 168 valence electrons. The van der Waals surface area contributed by atoms with Gasteiger partial charge < -0.3 is 19.5 Å². The number of amides is 1. The van der Waals surface area contributed by atoms with Crippen molar-refractivity contribution < 1.29 is 24.2 Å². The minimum Gasteiger partial charge on any atom is -0.506 e. The van der Waals surface area contributed by atoms with E-state index in [4.69, 9.17) is 21.1 Å². The van der Waals surface area contributed by atoms with Crippen LogP contribution in [0.2, 0.25) is 5.15 Å². The molecule has 1 aliphatic heterocycles. The minimum atomic E-state index is -0.731. The van der Waals surface area contributed by atoms with Gasteiger partial charge in [0.1, 0.15) is 23.1 Å². The van der Waals surface area contributed by atoms with Gasteiger partial charge in [-0.1, -0.05) is 41.9 Å². The number of pyridine rings is 1. The fourth-order valence-corrected chi connectivity index (χ4v) is 3.36. The number of aliphatic imine (C=N–C) groups is 1. The number of aromatic nitrogens is 1. The Labute approximate surface area is 191 Å². The Balaban J connectivity index is 1.67. The summed E-state index contributed by atoms with van der Waals surface area (Å²) in [6.45, 7) is 2.81. The molecular formula is C23H24ClN3O5. The number of halogens is 1. The largest absolute Gasteiger partial charge is 0.506 e. The first-order valence-electron chi connectivity index (χ1n) is 10.2. The van der Waals surface area contributed by atoms with Crippen molar-refractivity contribution in [2.75, 3.05) is 19.7 Å². The molecule has 1 aliphatic rings. The Hall–Kier alpha value is -3.39. The van der Waals surface area contributed by atoms with Crippen molar-refractivity contribution in [3.63, 3.8) is 0 Å². The lowest BCUT2D eigenvalue weighted by atomic mass is 10.1. The highest BCUT2D eigenvalue weighted by Crippen LogP contribution is 2.23. The molecule has 1 saturated heterocycles. The Morgan fingerprint density at radius 1 is 1.25 bits per heavy atom. The molecule has 3 rings (SSSR count). The van der Waals surface area contributed by atoms with Gasteiger partial charge in [-0.05, 0) is 31.0 Å². The topological polar surface area (TPSA) is 101 Å². The summed E-state index contributed by atoms with van der Waals surface area (Å²) < 4.78 is 10.4. The van der Waals surface area contributed by atoms with Crippen LogP contribution in [0, 0.1) is 0 Å². The standard InChI is InChI=1S/C23H24ClN3O5/c1-2-31-22(29)19(20(28)18-9-6-11-25-21(18)24)13-26-17-10-12-27(14-17)23(30)32-15-16-7-4-3-5-8-16/h3-9,11,13,17,28H,2,10,12,14-15H2,1H3/t17-/m0/s1. The van der Waals surface area contributed by atoms with E-state index in [0.29, 0.717) is 19.5 Å². The van der Waals surface area contributed by atoms with Gasteiger partial charge in [-0.15, -0.1) is 0 Å². The molecule has 0 saturated carbocycles. The molecule has 1 aromatic heterocycles. The normalized spacial score (nSPS) is 16.7. The summed E-state index contributed by atoms with van der Waals surface area (Å²) in [7, 11) is 0. The van der Waals surface area contributed by atoms with Gasteiger partial charge in [-0.2, -0.15) is 0 Å². The second-order valence-corrected chi connectivity index (χ2v) is 7.39. The number of ether oxygens (including phenoxy) is 2. The first kappa shape index (κ1) is 23.3.